The second-order valence-electron chi connectivity index (χ2n) is 3.51. The van der Waals surface area contributed by atoms with Gasteiger partial charge >= 0.3 is 0 Å². The van der Waals surface area contributed by atoms with Crippen molar-refractivity contribution in [3.8, 4) is 6.07 Å². The number of carbonyl (C=O) groups is 2. The van der Waals surface area contributed by atoms with Crippen LogP contribution in [-0.2, 0) is 16.1 Å². The van der Waals surface area contributed by atoms with E-state index < -0.39 is 0 Å². The molecule has 0 bridgehead atoms. The molecule has 0 heterocycles. The molecule has 0 radical (unpaired) electrons. The molecule has 0 saturated heterocycles. The van der Waals surface area contributed by atoms with Gasteiger partial charge in [-0.25, -0.2) is 0 Å². The molecule has 0 aliphatic rings. The number of nitrogens with zero attached hydrogens (tertiary/aromatic N) is 1. The van der Waals surface area contributed by atoms with Gasteiger partial charge in [-0.15, -0.1) is 0 Å². The average Bonchev–Trinajstić information content (AvgIpc) is 2.36. The van der Waals surface area contributed by atoms with Crippen molar-refractivity contribution in [1.82, 2.24) is 5.32 Å². The summed E-state index contributed by atoms with van der Waals surface area (Å²) in [5, 5.41) is 13.6. The van der Waals surface area contributed by atoms with Crippen LogP contribution in [0.5, 0.6) is 0 Å². The Balaban J connectivity index is 2.62. The van der Waals surface area contributed by atoms with E-state index in [1.165, 1.54) is 6.08 Å². The normalized spacial score (nSPS) is 9.06. The molecule has 1 rings (SSSR count). The quantitative estimate of drug-likeness (QED) is 0.765. The van der Waals surface area contributed by atoms with Crippen LogP contribution in [0.25, 0.3) is 0 Å². The summed E-state index contributed by atoms with van der Waals surface area (Å²) in [5.74, 6) is -0.612. The minimum absolute atomic E-state index is 0.183. The molecule has 0 spiro atoms. The third-order valence-electron chi connectivity index (χ3n) is 2.10. The number of nitriles is 1. The summed E-state index contributed by atoms with van der Waals surface area (Å²) in [6, 6.07) is 8.81. The molecule has 1 aromatic carbocycles. The highest BCUT2D eigenvalue weighted by molar-refractivity contribution is 5.92. The summed E-state index contributed by atoms with van der Waals surface area (Å²) in [5.41, 5.74) is 1.44. The van der Waals surface area contributed by atoms with Gasteiger partial charge in [0.1, 0.15) is 6.42 Å². The second-order valence-corrected chi connectivity index (χ2v) is 3.51. The fraction of sp³-hybridized carbons (Fsp3) is 0.154. The summed E-state index contributed by atoms with van der Waals surface area (Å²) in [6.07, 6.45) is 1.01. The average molecular weight is 243 g/mol. The third kappa shape index (κ3) is 4.49. The Kier molecular flexibility index (Phi) is 5.13. The van der Waals surface area contributed by atoms with Gasteiger partial charge in [-0.1, -0.05) is 18.7 Å². The van der Waals surface area contributed by atoms with Crippen LogP contribution < -0.4 is 10.6 Å². The first-order valence-corrected chi connectivity index (χ1v) is 5.31. The number of anilines is 1. The first-order chi connectivity index (χ1) is 8.65. The van der Waals surface area contributed by atoms with Crippen LogP contribution in [0, 0.1) is 11.3 Å². The van der Waals surface area contributed by atoms with Crippen LogP contribution in [0.2, 0.25) is 0 Å². The van der Waals surface area contributed by atoms with Crippen molar-refractivity contribution in [3.05, 3.63) is 42.5 Å². The molecule has 0 aliphatic carbocycles. The second kappa shape index (κ2) is 6.86. The maximum atomic E-state index is 11.2. The molecule has 0 unspecified atom stereocenters. The summed E-state index contributed by atoms with van der Waals surface area (Å²) in [4.78, 5) is 22.2. The maximum absolute atomic E-state index is 11.2. The van der Waals surface area contributed by atoms with Crippen molar-refractivity contribution in [3.63, 3.8) is 0 Å². The summed E-state index contributed by atoms with van der Waals surface area (Å²) in [6.45, 7) is 3.70. The molecule has 92 valence electrons. The fourth-order valence-electron chi connectivity index (χ4n) is 1.30. The van der Waals surface area contributed by atoms with Crippen molar-refractivity contribution in [2.75, 3.05) is 5.32 Å². The van der Waals surface area contributed by atoms with Gasteiger partial charge in [0.25, 0.3) is 0 Å². The molecule has 0 saturated carbocycles. The van der Waals surface area contributed by atoms with E-state index in [2.05, 4.69) is 17.2 Å². The van der Waals surface area contributed by atoms with E-state index >= 15 is 0 Å². The summed E-state index contributed by atoms with van der Waals surface area (Å²) < 4.78 is 0. The molecule has 5 heteroatoms. The lowest BCUT2D eigenvalue weighted by Gasteiger charge is -2.06. The van der Waals surface area contributed by atoms with E-state index in [0.29, 0.717) is 12.2 Å². The lowest BCUT2D eigenvalue weighted by molar-refractivity contribution is -0.117. The molecule has 0 fully saturated rings. The highest BCUT2D eigenvalue weighted by Gasteiger charge is 2.02. The summed E-state index contributed by atoms with van der Waals surface area (Å²) in [7, 11) is 0. The molecule has 0 aromatic heterocycles. The molecule has 2 amide bonds. The van der Waals surface area contributed by atoms with Crippen molar-refractivity contribution in [2.24, 2.45) is 0 Å². The van der Waals surface area contributed by atoms with E-state index in [-0.39, 0.29) is 18.2 Å². The van der Waals surface area contributed by atoms with Gasteiger partial charge in [-0.3, -0.25) is 9.59 Å². The Morgan fingerprint density at radius 1 is 1.44 bits per heavy atom. The number of nitrogens with one attached hydrogen (secondary N) is 2. The maximum Gasteiger partial charge on any atom is 0.243 e. The Morgan fingerprint density at radius 3 is 2.89 bits per heavy atom. The van der Waals surface area contributed by atoms with Crippen molar-refractivity contribution in [1.29, 1.82) is 5.26 Å². The third-order valence-corrected chi connectivity index (χ3v) is 2.10. The molecule has 0 aliphatic heterocycles. The molecule has 18 heavy (non-hydrogen) atoms. The number of amides is 2. The number of hydrogen-bond acceptors (Lipinski definition) is 3. The van der Waals surface area contributed by atoms with Crippen LogP contribution in [0.1, 0.15) is 12.0 Å². The Hall–Kier alpha value is -2.61. The molecule has 0 atom stereocenters. The lowest BCUT2D eigenvalue weighted by atomic mass is 10.2. The predicted octanol–water partition coefficient (Wildman–Crippen LogP) is 1.34. The number of rotatable bonds is 5. The van der Waals surface area contributed by atoms with E-state index in [1.54, 1.807) is 24.3 Å². The predicted molar refractivity (Wildman–Crippen MR) is 67.3 cm³/mol. The zero-order valence-electron chi connectivity index (χ0n) is 9.77. The zero-order valence-corrected chi connectivity index (χ0v) is 9.77. The summed E-state index contributed by atoms with van der Waals surface area (Å²) >= 11 is 0. The van der Waals surface area contributed by atoms with Crippen LogP contribution >= 0.6 is 0 Å². The molecular formula is C13H13N3O2. The standard InChI is InChI=1S/C13H13N3O2/c1-2-12(17)15-9-10-4-3-5-11(8-10)16-13(18)6-7-14/h2-5,8H,1,6,9H2,(H,15,17)(H,16,18). The van der Waals surface area contributed by atoms with E-state index in [9.17, 15) is 9.59 Å². The van der Waals surface area contributed by atoms with Crippen molar-refractivity contribution >= 4 is 17.5 Å². The zero-order chi connectivity index (χ0) is 13.4. The topological polar surface area (TPSA) is 82.0 Å². The van der Waals surface area contributed by atoms with Gasteiger partial charge in [-0.05, 0) is 23.8 Å². The van der Waals surface area contributed by atoms with Gasteiger partial charge in [0, 0.05) is 12.2 Å². The van der Waals surface area contributed by atoms with Gasteiger partial charge < -0.3 is 10.6 Å². The largest absolute Gasteiger partial charge is 0.348 e. The van der Waals surface area contributed by atoms with Crippen LogP contribution in [0.15, 0.2) is 36.9 Å². The van der Waals surface area contributed by atoms with Crippen LogP contribution in [-0.4, -0.2) is 11.8 Å². The molecule has 5 nitrogen and oxygen atoms in total. The number of carbonyl (C=O) groups excluding carboxylic acids is 2. The SMILES string of the molecule is C=CC(=O)NCc1cccc(NC(=O)CC#N)c1. The van der Waals surface area contributed by atoms with Gasteiger partial charge in [0.15, 0.2) is 0 Å². The van der Waals surface area contributed by atoms with Gasteiger partial charge in [0.2, 0.25) is 11.8 Å². The molecule has 2 N–H and O–H groups in total. The van der Waals surface area contributed by atoms with Crippen molar-refractivity contribution < 1.29 is 9.59 Å². The fourth-order valence-corrected chi connectivity index (χ4v) is 1.30. The minimum Gasteiger partial charge on any atom is -0.348 e. The smallest absolute Gasteiger partial charge is 0.243 e. The van der Waals surface area contributed by atoms with E-state index in [0.717, 1.165) is 5.56 Å². The van der Waals surface area contributed by atoms with E-state index in [1.807, 2.05) is 6.07 Å². The number of hydrogen-bond donors (Lipinski definition) is 2. The molecular weight excluding hydrogens is 230 g/mol. The Morgan fingerprint density at radius 2 is 2.22 bits per heavy atom. The van der Waals surface area contributed by atoms with Gasteiger partial charge in [0.05, 0.1) is 6.07 Å². The van der Waals surface area contributed by atoms with Crippen LogP contribution in [0.4, 0.5) is 5.69 Å². The highest BCUT2D eigenvalue weighted by atomic mass is 16.2. The number of benzene rings is 1. The Bertz CT molecular complexity index is 503. The first-order valence-electron chi connectivity index (χ1n) is 5.31. The lowest BCUT2D eigenvalue weighted by Crippen LogP contribution is -2.20. The minimum atomic E-state index is -0.357. The van der Waals surface area contributed by atoms with Gasteiger partial charge in [-0.2, -0.15) is 5.26 Å². The molecule has 1 aromatic rings. The first kappa shape index (κ1) is 13.5. The Labute approximate surface area is 105 Å². The van der Waals surface area contributed by atoms with E-state index in [4.69, 9.17) is 5.26 Å². The monoisotopic (exact) mass is 243 g/mol. The van der Waals surface area contributed by atoms with Crippen LogP contribution in [0.3, 0.4) is 0 Å². The van der Waals surface area contributed by atoms with Crippen molar-refractivity contribution in [2.45, 2.75) is 13.0 Å². The highest BCUT2D eigenvalue weighted by Crippen LogP contribution is 2.10.